The summed E-state index contributed by atoms with van der Waals surface area (Å²) in [5, 5.41) is 11.2. The largest absolute Gasteiger partial charge is 0.497 e. The average molecular weight is 406 g/mol. The van der Waals surface area contributed by atoms with Crippen molar-refractivity contribution >= 4 is 28.4 Å². The molecular weight excluding hydrogens is 387 g/mol. The Balaban J connectivity index is 1.69. The first-order valence-electron chi connectivity index (χ1n) is 9.67. The third-order valence-electron chi connectivity index (χ3n) is 5.15. The first-order valence-corrected chi connectivity index (χ1v) is 9.67. The van der Waals surface area contributed by atoms with Crippen LogP contribution in [0.25, 0.3) is 27.9 Å². The fraction of sp³-hybridized carbons (Fsp3) is 0.238. The van der Waals surface area contributed by atoms with Crippen molar-refractivity contribution in [1.82, 2.24) is 24.9 Å². The van der Waals surface area contributed by atoms with Gasteiger partial charge in [-0.2, -0.15) is 4.52 Å². The number of amides is 1. The first kappa shape index (κ1) is 18.3. The van der Waals surface area contributed by atoms with E-state index in [9.17, 15) is 9.18 Å². The van der Waals surface area contributed by atoms with E-state index in [0.29, 0.717) is 47.0 Å². The monoisotopic (exact) mass is 406 g/mol. The fourth-order valence-electron chi connectivity index (χ4n) is 3.62. The Morgan fingerprint density at radius 1 is 1.23 bits per heavy atom. The zero-order chi connectivity index (χ0) is 20.7. The van der Waals surface area contributed by atoms with Crippen LogP contribution in [0.2, 0.25) is 0 Å². The van der Waals surface area contributed by atoms with E-state index >= 15 is 0 Å². The lowest BCUT2D eigenvalue weighted by molar-refractivity contribution is -0.123. The van der Waals surface area contributed by atoms with Crippen molar-refractivity contribution in [1.29, 1.82) is 0 Å². The van der Waals surface area contributed by atoms with E-state index < -0.39 is 6.04 Å². The van der Waals surface area contributed by atoms with E-state index in [1.54, 1.807) is 13.2 Å². The van der Waals surface area contributed by atoms with Crippen molar-refractivity contribution in [2.75, 3.05) is 19.0 Å². The van der Waals surface area contributed by atoms with Crippen LogP contribution in [0, 0.1) is 5.82 Å². The van der Waals surface area contributed by atoms with Crippen LogP contribution < -0.4 is 15.4 Å². The number of aromatic nitrogens is 4. The molecule has 2 N–H and O–H groups in total. The maximum Gasteiger partial charge on any atom is 0.242 e. The maximum atomic E-state index is 13.9. The number of carbonyl (C=O) groups is 1. The molecule has 1 aliphatic rings. The summed E-state index contributed by atoms with van der Waals surface area (Å²) in [6.07, 6.45) is 1.56. The van der Waals surface area contributed by atoms with Crippen molar-refractivity contribution in [2.24, 2.45) is 0 Å². The summed E-state index contributed by atoms with van der Waals surface area (Å²) in [5.74, 6) is 1.04. The third-order valence-corrected chi connectivity index (χ3v) is 5.15. The first-order chi connectivity index (χ1) is 14.6. The lowest BCUT2D eigenvalue weighted by Crippen LogP contribution is -2.44. The maximum absolute atomic E-state index is 13.9. The minimum atomic E-state index is -0.420. The fourth-order valence-corrected chi connectivity index (χ4v) is 3.62. The lowest BCUT2D eigenvalue weighted by atomic mass is 10.1. The molecule has 2 aromatic heterocycles. The van der Waals surface area contributed by atoms with Gasteiger partial charge in [-0.25, -0.2) is 14.4 Å². The standard InChI is InChI=1S/C21H19FN6O2/c1-30-14-5-2-4-12(10-14)18-26-19-15-11-13(22)7-8-16(15)24-21(28(19)27-18)25-17-6-3-9-23-20(17)29/h2,4-5,7-8,10-11,17H,3,6,9H2,1H3,(H,23,29)(H,24,25)/t17-/m1/s1. The second-order valence-electron chi connectivity index (χ2n) is 7.13. The van der Waals surface area contributed by atoms with Gasteiger partial charge in [0.25, 0.3) is 0 Å². The number of hydrogen-bond acceptors (Lipinski definition) is 6. The summed E-state index contributed by atoms with van der Waals surface area (Å²) in [7, 11) is 1.59. The van der Waals surface area contributed by atoms with E-state index in [1.807, 2.05) is 24.3 Å². The van der Waals surface area contributed by atoms with Crippen LogP contribution in [-0.2, 0) is 4.79 Å². The predicted octanol–water partition coefficient (Wildman–Crippen LogP) is 2.78. The number of fused-ring (bicyclic) bond motifs is 3. The number of carbonyl (C=O) groups excluding carboxylic acids is 1. The van der Waals surface area contributed by atoms with Gasteiger partial charge in [-0.3, -0.25) is 4.79 Å². The number of methoxy groups -OCH3 is 1. The topological polar surface area (TPSA) is 93.4 Å². The van der Waals surface area contributed by atoms with Gasteiger partial charge in [0, 0.05) is 17.5 Å². The Bertz CT molecular complexity index is 1270. The molecule has 1 aliphatic heterocycles. The normalized spacial score (nSPS) is 16.6. The summed E-state index contributed by atoms with van der Waals surface area (Å²) < 4.78 is 20.8. The smallest absolute Gasteiger partial charge is 0.242 e. The van der Waals surface area contributed by atoms with Crippen molar-refractivity contribution < 1.29 is 13.9 Å². The van der Waals surface area contributed by atoms with Gasteiger partial charge in [0.15, 0.2) is 11.5 Å². The number of piperidine rings is 1. The van der Waals surface area contributed by atoms with E-state index in [0.717, 1.165) is 12.0 Å². The SMILES string of the molecule is COc1cccc(-c2nc3c4cc(F)ccc4nc(N[C@@H]4CCCNC4=O)n3n2)c1. The highest BCUT2D eigenvalue weighted by Crippen LogP contribution is 2.27. The second-order valence-corrected chi connectivity index (χ2v) is 7.13. The summed E-state index contributed by atoms with van der Waals surface area (Å²) >= 11 is 0. The quantitative estimate of drug-likeness (QED) is 0.541. The summed E-state index contributed by atoms with van der Waals surface area (Å²) in [6.45, 7) is 0.667. The molecule has 152 valence electrons. The molecular formula is C21H19FN6O2. The molecule has 1 amide bonds. The number of anilines is 1. The van der Waals surface area contributed by atoms with Crippen LogP contribution in [0.1, 0.15) is 12.8 Å². The molecule has 0 bridgehead atoms. The van der Waals surface area contributed by atoms with Gasteiger partial charge in [-0.15, -0.1) is 5.10 Å². The summed E-state index contributed by atoms with van der Waals surface area (Å²) in [6, 6.07) is 11.3. The zero-order valence-corrected chi connectivity index (χ0v) is 16.2. The molecule has 3 heterocycles. The van der Waals surface area contributed by atoms with Crippen molar-refractivity contribution in [3.63, 3.8) is 0 Å². The number of halogens is 1. The van der Waals surface area contributed by atoms with Crippen LogP contribution in [0.5, 0.6) is 5.75 Å². The number of nitrogens with zero attached hydrogens (tertiary/aromatic N) is 4. The van der Waals surface area contributed by atoms with Crippen LogP contribution in [-0.4, -0.2) is 45.2 Å². The highest BCUT2D eigenvalue weighted by atomic mass is 19.1. The molecule has 4 aromatic rings. The predicted molar refractivity (Wildman–Crippen MR) is 110 cm³/mol. The van der Waals surface area contributed by atoms with Crippen molar-refractivity contribution in [3.05, 3.63) is 48.3 Å². The van der Waals surface area contributed by atoms with Gasteiger partial charge in [-0.05, 0) is 43.2 Å². The van der Waals surface area contributed by atoms with Crippen LogP contribution in [0.3, 0.4) is 0 Å². The number of hydrogen-bond donors (Lipinski definition) is 2. The molecule has 0 saturated carbocycles. The lowest BCUT2D eigenvalue weighted by Gasteiger charge is -2.23. The molecule has 1 atom stereocenters. The molecule has 1 fully saturated rings. The second kappa shape index (κ2) is 7.25. The molecule has 30 heavy (non-hydrogen) atoms. The minimum absolute atomic E-state index is 0.0801. The molecule has 9 heteroatoms. The van der Waals surface area contributed by atoms with Crippen molar-refractivity contribution in [3.8, 4) is 17.1 Å². The third kappa shape index (κ3) is 3.18. The van der Waals surface area contributed by atoms with E-state index in [2.05, 4.69) is 25.7 Å². The van der Waals surface area contributed by atoms with Gasteiger partial charge in [0.05, 0.1) is 12.6 Å². The van der Waals surface area contributed by atoms with Crippen LogP contribution >= 0.6 is 0 Å². The van der Waals surface area contributed by atoms with Crippen molar-refractivity contribution in [2.45, 2.75) is 18.9 Å². The Morgan fingerprint density at radius 3 is 2.97 bits per heavy atom. The summed E-state index contributed by atoms with van der Waals surface area (Å²) in [5.41, 5.74) is 1.77. The Labute approximate surface area is 171 Å². The number of nitrogens with one attached hydrogen (secondary N) is 2. The number of rotatable bonds is 4. The summed E-state index contributed by atoms with van der Waals surface area (Å²) in [4.78, 5) is 21.5. The average Bonchev–Trinajstić information content (AvgIpc) is 3.22. The minimum Gasteiger partial charge on any atom is -0.497 e. The Morgan fingerprint density at radius 2 is 2.13 bits per heavy atom. The molecule has 0 spiro atoms. The molecule has 0 unspecified atom stereocenters. The number of ether oxygens (including phenoxy) is 1. The molecule has 8 nitrogen and oxygen atoms in total. The van der Waals surface area contributed by atoms with E-state index in [-0.39, 0.29) is 11.7 Å². The van der Waals surface area contributed by atoms with Gasteiger partial charge < -0.3 is 15.4 Å². The van der Waals surface area contributed by atoms with Gasteiger partial charge >= 0.3 is 0 Å². The zero-order valence-electron chi connectivity index (χ0n) is 16.2. The molecule has 0 aliphatic carbocycles. The Kier molecular flexibility index (Phi) is 4.42. The molecule has 5 rings (SSSR count). The molecule has 1 saturated heterocycles. The highest BCUT2D eigenvalue weighted by Gasteiger charge is 2.24. The Hall–Kier alpha value is -3.75. The van der Waals surface area contributed by atoms with Crippen LogP contribution in [0.4, 0.5) is 10.3 Å². The number of benzene rings is 2. The molecule has 0 radical (unpaired) electrons. The van der Waals surface area contributed by atoms with E-state index in [1.165, 1.54) is 16.6 Å². The van der Waals surface area contributed by atoms with Gasteiger partial charge in [-0.1, -0.05) is 12.1 Å². The highest BCUT2D eigenvalue weighted by molar-refractivity contribution is 5.93. The van der Waals surface area contributed by atoms with Crippen LogP contribution in [0.15, 0.2) is 42.5 Å². The van der Waals surface area contributed by atoms with Gasteiger partial charge in [0.2, 0.25) is 11.9 Å². The van der Waals surface area contributed by atoms with E-state index in [4.69, 9.17) is 4.74 Å². The molecule has 2 aromatic carbocycles. The van der Waals surface area contributed by atoms with Gasteiger partial charge in [0.1, 0.15) is 17.6 Å².